The zero-order valence-electron chi connectivity index (χ0n) is 10.5. The number of hydrogen-bond donors (Lipinski definition) is 1. The summed E-state index contributed by atoms with van der Waals surface area (Å²) in [7, 11) is 1.64. The summed E-state index contributed by atoms with van der Waals surface area (Å²) in [5, 5.41) is 3.15. The van der Waals surface area contributed by atoms with Gasteiger partial charge in [-0.25, -0.2) is 0 Å². The molecule has 1 aliphatic heterocycles. The average Bonchev–Trinajstić information content (AvgIpc) is 2.76. The summed E-state index contributed by atoms with van der Waals surface area (Å²) < 4.78 is 50.5. The number of rotatable bonds is 8. The van der Waals surface area contributed by atoms with Gasteiger partial charge in [-0.05, 0) is 13.0 Å². The largest absolute Gasteiger partial charge is 0.411 e. The van der Waals surface area contributed by atoms with Crippen molar-refractivity contribution in [2.24, 2.45) is 0 Å². The first-order valence-electron chi connectivity index (χ1n) is 5.96. The van der Waals surface area contributed by atoms with Crippen molar-refractivity contribution in [3.63, 3.8) is 0 Å². The molecule has 0 spiro atoms. The topological polar surface area (TPSA) is 39.7 Å². The van der Waals surface area contributed by atoms with E-state index in [1.54, 1.807) is 7.11 Å². The molecule has 1 heterocycles. The molecule has 108 valence electrons. The molecule has 0 aliphatic carbocycles. The molecular formula is C11H20F3NO3. The highest BCUT2D eigenvalue weighted by atomic mass is 19.4. The quantitative estimate of drug-likeness (QED) is 0.676. The highest BCUT2D eigenvalue weighted by molar-refractivity contribution is 4.86. The second-order valence-corrected chi connectivity index (χ2v) is 4.39. The summed E-state index contributed by atoms with van der Waals surface area (Å²) >= 11 is 0. The van der Waals surface area contributed by atoms with Crippen molar-refractivity contribution < 1.29 is 27.4 Å². The van der Waals surface area contributed by atoms with Crippen LogP contribution in [0.15, 0.2) is 0 Å². The van der Waals surface area contributed by atoms with Crippen LogP contribution in [-0.2, 0) is 14.2 Å². The summed E-state index contributed by atoms with van der Waals surface area (Å²) in [6.45, 7) is 1.41. The lowest BCUT2D eigenvalue weighted by molar-refractivity contribution is -0.173. The first-order chi connectivity index (χ1) is 8.47. The minimum atomic E-state index is -4.24. The Morgan fingerprint density at radius 3 is 2.72 bits per heavy atom. The van der Waals surface area contributed by atoms with E-state index in [0.717, 1.165) is 6.42 Å². The van der Waals surface area contributed by atoms with E-state index in [4.69, 9.17) is 9.47 Å². The number of alkyl halides is 3. The van der Waals surface area contributed by atoms with Gasteiger partial charge in [0.2, 0.25) is 0 Å². The van der Waals surface area contributed by atoms with Gasteiger partial charge in [0.05, 0.1) is 6.61 Å². The third-order valence-corrected chi connectivity index (χ3v) is 2.86. The maximum atomic E-state index is 11.8. The number of ether oxygens (including phenoxy) is 3. The Hall–Kier alpha value is -0.370. The molecule has 0 bridgehead atoms. The van der Waals surface area contributed by atoms with Crippen LogP contribution < -0.4 is 5.32 Å². The maximum Gasteiger partial charge on any atom is 0.411 e. The molecule has 1 saturated heterocycles. The van der Waals surface area contributed by atoms with E-state index in [-0.39, 0.29) is 12.2 Å². The normalized spacial score (nSPS) is 24.7. The fourth-order valence-electron chi connectivity index (χ4n) is 1.76. The molecule has 0 saturated carbocycles. The molecule has 4 nitrogen and oxygen atoms in total. The Morgan fingerprint density at radius 1 is 1.39 bits per heavy atom. The van der Waals surface area contributed by atoms with Gasteiger partial charge in [0.15, 0.2) is 0 Å². The van der Waals surface area contributed by atoms with Gasteiger partial charge in [-0.1, -0.05) is 0 Å². The van der Waals surface area contributed by atoms with E-state index in [1.807, 2.05) is 0 Å². The second kappa shape index (κ2) is 7.28. The van der Waals surface area contributed by atoms with Crippen LogP contribution in [0.1, 0.15) is 12.8 Å². The van der Waals surface area contributed by atoms with Crippen LogP contribution in [0.5, 0.6) is 0 Å². The molecule has 1 unspecified atom stereocenters. The molecule has 0 aromatic rings. The zero-order chi connectivity index (χ0) is 13.5. The van der Waals surface area contributed by atoms with Crippen molar-refractivity contribution >= 4 is 0 Å². The first-order valence-corrected chi connectivity index (χ1v) is 5.96. The Kier molecular flexibility index (Phi) is 6.34. The average molecular weight is 271 g/mol. The highest BCUT2D eigenvalue weighted by Gasteiger charge is 2.34. The minimum Gasteiger partial charge on any atom is -0.378 e. The molecule has 1 fully saturated rings. The van der Waals surface area contributed by atoms with Gasteiger partial charge in [0.25, 0.3) is 0 Å². The lowest BCUT2D eigenvalue weighted by atomic mass is 10.0. The third kappa shape index (κ3) is 5.99. The third-order valence-electron chi connectivity index (χ3n) is 2.86. The molecule has 18 heavy (non-hydrogen) atoms. The SMILES string of the molecule is COC1(CNCCCOCC(F)(F)F)CCOC1. The number of hydrogen-bond acceptors (Lipinski definition) is 4. The van der Waals surface area contributed by atoms with Crippen LogP contribution in [0.3, 0.4) is 0 Å². The van der Waals surface area contributed by atoms with Crippen LogP contribution in [-0.4, -0.2) is 58.4 Å². The zero-order valence-corrected chi connectivity index (χ0v) is 10.5. The van der Waals surface area contributed by atoms with E-state index in [9.17, 15) is 13.2 Å². The standard InChI is InChI=1S/C11H20F3NO3/c1-16-10(3-6-18-8-10)7-15-4-2-5-17-9-11(12,13)14/h15H,2-9H2,1H3. The molecule has 1 rings (SSSR count). The maximum absolute atomic E-state index is 11.8. The van der Waals surface area contributed by atoms with Gasteiger partial charge in [0.1, 0.15) is 12.2 Å². The summed E-state index contributed by atoms with van der Waals surface area (Å²) in [5.41, 5.74) is -0.285. The van der Waals surface area contributed by atoms with Crippen molar-refractivity contribution in [2.75, 3.05) is 46.6 Å². The molecule has 1 N–H and O–H groups in total. The minimum absolute atomic E-state index is 0.100. The molecular weight excluding hydrogens is 251 g/mol. The van der Waals surface area contributed by atoms with Crippen LogP contribution in [0.2, 0.25) is 0 Å². The Labute approximate surface area is 105 Å². The van der Waals surface area contributed by atoms with Gasteiger partial charge < -0.3 is 19.5 Å². The predicted molar refractivity (Wildman–Crippen MR) is 59.5 cm³/mol. The lowest BCUT2D eigenvalue weighted by Gasteiger charge is -2.26. The van der Waals surface area contributed by atoms with Crippen molar-refractivity contribution in [1.29, 1.82) is 0 Å². The summed E-state index contributed by atoms with van der Waals surface area (Å²) in [6, 6.07) is 0. The summed E-state index contributed by atoms with van der Waals surface area (Å²) in [6.07, 6.45) is -2.87. The fraction of sp³-hybridized carbons (Fsp3) is 1.00. The number of halogens is 3. The molecule has 0 amide bonds. The predicted octanol–water partition coefficient (Wildman–Crippen LogP) is 1.35. The van der Waals surface area contributed by atoms with Crippen molar-refractivity contribution in [1.82, 2.24) is 5.32 Å². The van der Waals surface area contributed by atoms with Gasteiger partial charge in [-0.2, -0.15) is 13.2 Å². The van der Waals surface area contributed by atoms with Gasteiger partial charge >= 0.3 is 6.18 Å². The van der Waals surface area contributed by atoms with Gasteiger partial charge in [0, 0.05) is 33.3 Å². The number of methoxy groups -OCH3 is 1. The second-order valence-electron chi connectivity index (χ2n) is 4.39. The summed E-state index contributed by atoms with van der Waals surface area (Å²) in [4.78, 5) is 0. The monoisotopic (exact) mass is 271 g/mol. The highest BCUT2D eigenvalue weighted by Crippen LogP contribution is 2.21. The van der Waals surface area contributed by atoms with E-state index >= 15 is 0 Å². The molecule has 1 atom stereocenters. The van der Waals surface area contributed by atoms with Crippen molar-refractivity contribution in [3.05, 3.63) is 0 Å². The van der Waals surface area contributed by atoms with Crippen molar-refractivity contribution in [2.45, 2.75) is 24.6 Å². The van der Waals surface area contributed by atoms with Crippen LogP contribution in [0, 0.1) is 0 Å². The van der Waals surface area contributed by atoms with E-state index in [0.29, 0.717) is 32.7 Å². The van der Waals surface area contributed by atoms with Crippen LogP contribution in [0.25, 0.3) is 0 Å². The van der Waals surface area contributed by atoms with E-state index in [1.165, 1.54) is 0 Å². The molecule has 0 aromatic carbocycles. The fourth-order valence-corrected chi connectivity index (χ4v) is 1.76. The Balaban J connectivity index is 1.98. The smallest absolute Gasteiger partial charge is 0.378 e. The summed E-state index contributed by atoms with van der Waals surface area (Å²) in [5.74, 6) is 0. The Morgan fingerprint density at radius 2 is 2.17 bits per heavy atom. The van der Waals surface area contributed by atoms with Crippen molar-refractivity contribution in [3.8, 4) is 0 Å². The number of nitrogens with one attached hydrogen (secondary N) is 1. The molecule has 0 radical (unpaired) electrons. The lowest BCUT2D eigenvalue weighted by Crippen LogP contribution is -2.43. The van der Waals surface area contributed by atoms with Crippen LogP contribution >= 0.6 is 0 Å². The van der Waals surface area contributed by atoms with E-state index < -0.39 is 12.8 Å². The van der Waals surface area contributed by atoms with Crippen LogP contribution in [0.4, 0.5) is 13.2 Å². The molecule has 0 aromatic heterocycles. The van der Waals surface area contributed by atoms with Gasteiger partial charge in [-0.15, -0.1) is 0 Å². The Bertz CT molecular complexity index is 230. The molecule has 7 heteroatoms. The first kappa shape index (κ1) is 15.7. The van der Waals surface area contributed by atoms with Gasteiger partial charge in [-0.3, -0.25) is 0 Å². The molecule has 1 aliphatic rings. The van der Waals surface area contributed by atoms with E-state index in [2.05, 4.69) is 10.1 Å².